The smallest absolute Gasteiger partial charge is 0.191 e. The molecule has 2 heterocycles. The minimum Gasteiger partial charge on any atom is -0.469 e. The molecule has 6 heteroatoms. The van der Waals surface area contributed by atoms with Gasteiger partial charge in [-0.3, -0.25) is 4.90 Å². The Hall–Kier alpha value is -2.31. The zero-order valence-corrected chi connectivity index (χ0v) is 18.4. The fourth-order valence-corrected chi connectivity index (χ4v) is 4.58. The summed E-state index contributed by atoms with van der Waals surface area (Å²) < 4.78 is 5.46. The fraction of sp³-hybridized carbons (Fsp3) is 0.560. The predicted molar refractivity (Wildman–Crippen MR) is 124 cm³/mol. The third-order valence-electron chi connectivity index (χ3n) is 6.36. The lowest BCUT2D eigenvalue weighted by Crippen LogP contribution is -2.44. The summed E-state index contributed by atoms with van der Waals surface area (Å²) in [5.74, 6) is 1.88. The Balaban J connectivity index is 1.39. The Morgan fingerprint density at radius 3 is 2.65 bits per heavy atom. The largest absolute Gasteiger partial charge is 0.469 e. The Bertz CT molecular complexity index is 815. The number of aliphatic hydroxyl groups is 1. The number of likely N-dealkylation sites (tertiary alicyclic amines) is 1. The Morgan fingerprint density at radius 1 is 1.06 bits per heavy atom. The number of furan rings is 1. The zero-order valence-electron chi connectivity index (χ0n) is 18.4. The lowest BCUT2D eigenvalue weighted by molar-refractivity contribution is 0.174. The molecule has 31 heavy (non-hydrogen) atoms. The van der Waals surface area contributed by atoms with Crippen LogP contribution in [0.2, 0.25) is 0 Å². The molecule has 0 spiro atoms. The summed E-state index contributed by atoms with van der Waals surface area (Å²) in [6.07, 6.45) is 9.61. The molecule has 2 aromatic rings. The molecule has 2 fully saturated rings. The van der Waals surface area contributed by atoms with Crippen molar-refractivity contribution in [2.24, 2.45) is 4.99 Å². The quantitative estimate of drug-likeness (QED) is 0.447. The highest BCUT2D eigenvalue weighted by atomic mass is 16.3. The first-order valence-electron chi connectivity index (χ1n) is 11.8. The van der Waals surface area contributed by atoms with Gasteiger partial charge in [-0.2, -0.15) is 0 Å². The molecule has 1 aliphatic carbocycles. The van der Waals surface area contributed by atoms with Gasteiger partial charge in [0.1, 0.15) is 5.76 Å². The number of nitrogens with zero attached hydrogens (tertiary/aromatic N) is 2. The number of aliphatic hydroxyl groups excluding tert-OH is 1. The standard InChI is InChI=1S/C25H36N4O2/c30-23-13-15-29(19-23)18-21-8-5-4-7-20(21)17-27-25(28-22-9-2-1-3-10-22)26-14-12-24-11-6-16-31-24/h4-8,11,16,22-23,30H,1-3,9-10,12-15,17-19H2,(H2,26,27,28). The van der Waals surface area contributed by atoms with Crippen LogP contribution in [-0.2, 0) is 19.5 Å². The number of hydrogen-bond acceptors (Lipinski definition) is 4. The first kappa shape index (κ1) is 21.9. The molecule has 1 saturated heterocycles. The molecule has 0 amide bonds. The van der Waals surface area contributed by atoms with Crippen molar-refractivity contribution in [1.29, 1.82) is 0 Å². The topological polar surface area (TPSA) is 73.0 Å². The third kappa shape index (κ3) is 6.84. The highest BCUT2D eigenvalue weighted by Gasteiger charge is 2.21. The SMILES string of the molecule is OC1CCN(Cc2ccccc2CN=C(NCCc2ccco2)NC2CCCCC2)C1. The van der Waals surface area contributed by atoms with Crippen molar-refractivity contribution in [3.63, 3.8) is 0 Å². The molecule has 1 unspecified atom stereocenters. The summed E-state index contributed by atoms with van der Waals surface area (Å²) in [7, 11) is 0. The molecule has 6 nitrogen and oxygen atoms in total. The average molecular weight is 425 g/mol. The van der Waals surface area contributed by atoms with Crippen LogP contribution in [0.4, 0.5) is 0 Å². The molecule has 1 saturated carbocycles. The van der Waals surface area contributed by atoms with Gasteiger partial charge in [-0.25, -0.2) is 4.99 Å². The number of hydrogen-bond donors (Lipinski definition) is 3. The molecule has 0 radical (unpaired) electrons. The van der Waals surface area contributed by atoms with E-state index in [-0.39, 0.29) is 6.10 Å². The minimum atomic E-state index is -0.185. The molecule has 1 aromatic heterocycles. The average Bonchev–Trinajstić information content (AvgIpc) is 3.45. The molecule has 3 N–H and O–H groups in total. The van der Waals surface area contributed by atoms with E-state index < -0.39 is 0 Å². The minimum absolute atomic E-state index is 0.185. The van der Waals surface area contributed by atoms with Crippen LogP contribution in [0.5, 0.6) is 0 Å². The Labute approximate surface area is 185 Å². The fourth-order valence-electron chi connectivity index (χ4n) is 4.58. The summed E-state index contributed by atoms with van der Waals surface area (Å²) in [6.45, 7) is 4.04. The van der Waals surface area contributed by atoms with E-state index in [1.165, 1.54) is 43.2 Å². The van der Waals surface area contributed by atoms with Gasteiger partial charge in [0.05, 0.1) is 18.9 Å². The van der Waals surface area contributed by atoms with Crippen molar-refractivity contribution in [3.05, 3.63) is 59.5 Å². The second-order valence-corrected chi connectivity index (χ2v) is 8.85. The second kappa shape index (κ2) is 11.3. The lowest BCUT2D eigenvalue weighted by Gasteiger charge is -2.25. The van der Waals surface area contributed by atoms with E-state index in [4.69, 9.17) is 9.41 Å². The van der Waals surface area contributed by atoms with Gasteiger partial charge in [0.2, 0.25) is 0 Å². The van der Waals surface area contributed by atoms with Gasteiger partial charge < -0.3 is 20.2 Å². The van der Waals surface area contributed by atoms with Crippen molar-refractivity contribution in [2.75, 3.05) is 19.6 Å². The van der Waals surface area contributed by atoms with Crippen LogP contribution in [0, 0.1) is 0 Å². The van der Waals surface area contributed by atoms with Crippen molar-refractivity contribution < 1.29 is 9.52 Å². The Morgan fingerprint density at radius 2 is 1.90 bits per heavy atom. The molecule has 4 rings (SSSR count). The van der Waals surface area contributed by atoms with Crippen molar-refractivity contribution in [1.82, 2.24) is 15.5 Å². The predicted octanol–water partition coefficient (Wildman–Crippen LogP) is 3.46. The van der Waals surface area contributed by atoms with Gasteiger partial charge in [0, 0.05) is 38.6 Å². The van der Waals surface area contributed by atoms with Crippen molar-refractivity contribution >= 4 is 5.96 Å². The van der Waals surface area contributed by atoms with E-state index in [1.54, 1.807) is 6.26 Å². The summed E-state index contributed by atoms with van der Waals surface area (Å²) >= 11 is 0. The van der Waals surface area contributed by atoms with E-state index in [1.807, 2.05) is 12.1 Å². The van der Waals surface area contributed by atoms with Gasteiger partial charge >= 0.3 is 0 Å². The number of rotatable bonds is 8. The molecule has 168 valence electrons. The van der Waals surface area contributed by atoms with Gasteiger partial charge in [-0.15, -0.1) is 0 Å². The van der Waals surface area contributed by atoms with E-state index >= 15 is 0 Å². The van der Waals surface area contributed by atoms with Gasteiger partial charge in [-0.05, 0) is 42.5 Å². The number of aliphatic imine (C=N–C) groups is 1. The first-order chi connectivity index (χ1) is 15.3. The summed E-state index contributed by atoms with van der Waals surface area (Å²) in [6, 6.07) is 13.0. The van der Waals surface area contributed by atoms with Crippen LogP contribution in [0.15, 0.2) is 52.1 Å². The van der Waals surface area contributed by atoms with Crippen LogP contribution >= 0.6 is 0 Å². The molecule has 1 aliphatic heterocycles. The van der Waals surface area contributed by atoms with Crippen molar-refractivity contribution in [3.8, 4) is 0 Å². The highest BCUT2D eigenvalue weighted by Crippen LogP contribution is 2.19. The van der Waals surface area contributed by atoms with Gasteiger partial charge in [0.25, 0.3) is 0 Å². The van der Waals surface area contributed by atoms with E-state index in [0.29, 0.717) is 12.6 Å². The second-order valence-electron chi connectivity index (χ2n) is 8.85. The van der Waals surface area contributed by atoms with Crippen LogP contribution in [0.1, 0.15) is 55.4 Å². The third-order valence-corrected chi connectivity index (χ3v) is 6.36. The molecule has 1 aromatic carbocycles. The summed E-state index contributed by atoms with van der Waals surface area (Å²) in [5.41, 5.74) is 2.55. The van der Waals surface area contributed by atoms with Crippen LogP contribution < -0.4 is 10.6 Å². The monoisotopic (exact) mass is 424 g/mol. The molecular weight excluding hydrogens is 388 g/mol. The van der Waals surface area contributed by atoms with Crippen molar-refractivity contribution in [2.45, 2.75) is 70.2 Å². The van der Waals surface area contributed by atoms with Crippen LogP contribution in [0.25, 0.3) is 0 Å². The summed E-state index contributed by atoms with van der Waals surface area (Å²) in [5, 5.41) is 17.0. The maximum absolute atomic E-state index is 9.84. The van der Waals surface area contributed by atoms with Crippen LogP contribution in [-0.4, -0.2) is 47.7 Å². The number of β-amino-alcohol motifs (C(OH)–C–C–N with tert-alkyl or cyclic N) is 1. The normalized spacial score (nSPS) is 20.8. The maximum atomic E-state index is 9.84. The zero-order chi connectivity index (χ0) is 21.3. The number of guanidine groups is 1. The van der Waals surface area contributed by atoms with E-state index in [9.17, 15) is 5.11 Å². The van der Waals surface area contributed by atoms with Crippen LogP contribution in [0.3, 0.4) is 0 Å². The molecule has 2 aliphatic rings. The lowest BCUT2D eigenvalue weighted by atomic mass is 9.96. The van der Waals surface area contributed by atoms with E-state index in [0.717, 1.165) is 50.7 Å². The number of nitrogens with one attached hydrogen (secondary N) is 2. The molecule has 0 bridgehead atoms. The Kier molecular flexibility index (Phi) is 8.02. The van der Waals surface area contributed by atoms with Gasteiger partial charge in [0.15, 0.2) is 5.96 Å². The maximum Gasteiger partial charge on any atom is 0.191 e. The first-order valence-corrected chi connectivity index (χ1v) is 11.8. The van der Waals surface area contributed by atoms with Gasteiger partial charge in [-0.1, -0.05) is 43.5 Å². The highest BCUT2D eigenvalue weighted by molar-refractivity contribution is 5.80. The number of benzene rings is 1. The summed E-state index contributed by atoms with van der Waals surface area (Å²) in [4.78, 5) is 7.28. The molecule has 1 atom stereocenters. The van der Waals surface area contributed by atoms with E-state index in [2.05, 4.69) is 39.8 Å². The molecular formula is C25H36N4O2.